The minimum atomic E-state index is 0.0334. The maximum absolute atomic E-state index is 11.4. The van der Waals surface area contributed by atoms with Crippen molar-refractivity contribution in [1.29, 1.82) is 0 Å². The highest BCUT2D eigenvalue weighted by atomic mass is 16.1. The van der Waals surface area contributed by atoms with Crippen LogP contribution in [-0.4, -0.2) is 18.0 Å². The van der Waals surface area contributed by atoms with E-state index in [0.717, 1.165) is 11.3 Å². The molecule has 1 aliphatic carbocycles. The molecule has 3 rings (SSSR count). The van der Waals surface area contributed by atoms with Crippen LogP contribution in [0.25, 0.3) is 0 Å². The summed E-state index contributed by atoms with van der Waals surface area (Å²) in [5.74, 6) is 0.0334. The van der Waals surface area contributed by atoms with Crippen molar-refractivity contribution >= 4 is 12.0 Å². The van der Waals surface area contributed by atoms with E-state index in [1.807, 2.05) is 0 Å². The lowest BCUT2D eigenvalue weighted by Crippen LogP contribution is -2.34. The Kier molecular flexibility index (Phi) is 1.13. The quantitative estimate of drug-likeness (QED) is 0.534. The molecule has 1 atom stereocenters. The molecule has 0 radical (unpaired) electrons. The number of aliphatic imine (C=N–C) groups is 1. The molecule has 3 aliphatic rings. The van der Waals surface area contributed by atoms with E-state index in [1.54, 1.807) is 24.6 Å². The summed E-state index contributed by atoms with van der Waals surface area (Å²) in [6, 6.07) is 0.0453. The Labute approximate surface area is 74.7 Å². The summed E-state index contributed by atoms with van der Waals surface area (Å²) in [4.78, 5) is 15.4. The molecule has 2 aliphatic heterocycles. The van der Waals surface area contributed by atoms with Crippen LogP contribution in [0.2, 0.25) is 0 Å². The van der Waals surface area contributed by atoms with Gasteiger partial charge >= 0.3 is 0 Å². The highest BCUT2D eigenvalue weighted by Gasteiger charge is 2.32. The Balaban J connectivity index is 2.24. The average molecular weight is 173 g/mol. The fraction of sp³-hybridized carbons (Fsp3) is 0.111. The van der Waals surface area contributed by atoms with Gasteiger partial charge in [-0.1, -0.05) is 0 Å². The van der Waals surface area contributed by atoms with Crippen molar-refractivity contribution in [2.24, 2.45) is 4.99 Å². The van der Waals surface area contributed by atoms with E-state index in [-0.39, 0.29) is 11.8 Å². The molecule has 0 spiro atoms. The van der Waals surface area contributed by atoms with Gasteiger partial charge in [0.1, 0.15) is 0 Å². The number of ketones is 1. The molecule has 0 bridgehead atoms. The molecule has 4 nitrogen and oxygen atoms in total. The largest absolute Gasteiger partial charge is 0.320 e. The van der Waals surface area contributed by atoms with Crippen LogP contribution in [-0.2, 0) is 4.79 Å². The second kappa shape index (κ2) is 2.17. The molecule has 2 N–H and O–H groups in total. The Morgan fingerprint density at radius 3 is 3.23 bits per heavy atom. The molecule has 0 saturated carbocycles. The summed E-state index contributed by atoms with van der Waals surface area (Å²) in [5, 5.41) is 0. The van der Waals surface area contributed by atoms with Crippen LogP contribution in [0.3, 0.4) is 0 Å². The molecule has 0 aromatic carbocycles. The van der Waals surface area contributed by atoms with Crippen LogP contribution in [0.4, 0.5) is 0 Å². The summed E-state index contributed by atoms with van der Waals surface area (Å²) >= 11 is 0. The predicted octanol–water partition coefficient (Wildman–Crippen LogP) is -0.176. The first-order valence-corrected chi connectivity index (χ1v) is 4.08. The zero-order valence-corrected chi connectivity index (χ0v) is 6.74. The maximum atomic E-state index is 11.4. The van der Waals surface area contributed by atoms with Gasteiger partial charge in [-0.2, -0.15) is 0 Å². The molecule has 0 fully saturated rings. The number of allylic oxidation sites excluding steroid dienone is 2. The number of hydrazine groups is 1. The summed E-state index contributed by atoms with van der Waals surface area (Å²) in [6.07, 6.45) is 6.75. The second-order valence-corrected chi connectivity index (χ2v) is 3.11. The lowest BCUT2D eigenvalue weighted by molar-refractivity contribution is -0.111. The first-order valence-electron chi connectivity index (χ1n) is 4.08. The Morgan fingerprint density at radius 2 is 2.31 bits per heavy atom. The standard InChI is InChI=1S/C9H7N3O/c13-8-2-1-6-9-5(8)3-10-4-7(9)12-11-6/h1-4,7,11-12H. The number of nitrogens with zero attached hydrogens (tertiary/aromatic N) is 1. The zero-order valence-electron chi connectivity index (χ0n) is 6.74. The topological polar surface area (TPSA) is 53.5 Å². The number of rotatable bonds is 0. The van der Waals surface area contributed by atoms with Gasteiger partial charge in [0, 0.05) is 23.6 Å². The third-order valence-electron chi connectivity index (χ3n) is 2.36. The molecule has 0 aromatic rings. The van der Waals surface area contributed by atoms with E-state index in [4.69, 9.17) is 0 Å². The van der Waals surface area contributed by atoms with Crippen molar-refractivity contribution < 1.29 is 4.79 Å². The van der Waals surface area contributed by atoms with Crippen LogP contribution in [0.1, 0.15) is 0 Å². The van der Waals surface area contributed by atoms with Crippen LogP contribution in [0.15, 0.2) is 40.2 Å². The van der Waals surface area contributed by atoms with Crippen molar-refractivity contribution in [2.75, 3.05) is 0 Å². The third-order valence-corrected chi connectivity index (χ3v) is 2.36. The van der Waals surface area contributed by atoms with Crippen molar-refractivity contribution in [3.8, 4) is 0 Å². The fourth-order valence-corrected chi connectivity index (χ4v) is 1.74. The second-order valence-electron chi connectivity index (χ2n) is 3.11. The molecule has 13 heavy (non-hydrogen) atoms. The number of carbonyl (C=O) groups is 1. The van der Waals surface area contributed by atoms with Gasteiger partial charge in [-0.3, -0.25) is 9.79 Å². The SMILES string of the molecule is O=C1C=CC2=C3C1=CN=CC3NN2. The van der Waals surface area contributed by atoms with Gasteiger partial charge in [-0.15, -0.1) is 0 Å². The van der Waals surface area contributed by atoms with Crippen molar-refractivity contribution in [2.45, 2.75) is 6.04 Å². The average Bonchev–Trinajstić information content (AvgIpc) is 2.57. The van der Waals surface area contributed by atoms with Gasteiger partial charge in [0.15, 0.2) is 5.78 Å². The molecular weight excluding hydrogens is 166 g/mol. The summed E-state index contributed by atoms with van der Waals surface area (Å²) < 4.78 is 0. The number of carbonyl (C=O) groups excluding carboxylic acids is 1. The Morgan fingerprint density at radius 1 is 1.38 bits per heavy atom. The normalized spacial score (nSPS) is 28.8. The molecule has 0 amide bonds. The minimum Gasteiger partial charge on any atom is -0.320 e. The van der Waals surface area contributed by atoms with Crippen LogP contribution >= 0.6 is 0 Å². The lowest BCUT2D eigenvalue weighted by Gasteiger charge is -2.15. The molecule has 0 aromatic heterocycles. The van der Waals surface area contributed by atoms with Gasteiger partial charge < -0.3 is 5.43 Å². The van der Waals surface area contributed by atoms with Gasteiger partial charge in [0.2, 0.25) is 0 Å². The summed E-state index contributed by atoms with van der Waals surface area (Å²) in [6.45, 7) is 0. The van der Waals surface area contributed by atoms with Gasteiger partial charge in [-0.05, 0) is 12.2 Å². The lowest BCUT2D eigenvalue weighted by atomic mass is 9.91. The van der Waals surface area contributed by atoms with E-state index < -0.39 is 0 Å². The van der Waals surface area contributed by atoms with Crippen molar-refractivity contribution in [3.05, 3.63) is 35.2 Å². The third kappa shape index (κ3) is 0.777. The van der Waals surface area contributed by atoms with Crippen molar-refractivity contribution in [1.82, 2.24) is 10.9 Å². The predicted molar refractivity (Wildman–Crippen MR) is 47.8 cm³/mol. The van der Waals surface area contributed by atoms with Gasteiger partial charge in [0.05, 0.1) is 11.7 Å². The molecule has 0 saturated heterocycles. The highest BCUT2D eigenvalue weighted by molar-refractivity contribution is 6.11. The van der Waals surface area contributed by atoms with Crippen molar-refractivity contribution in [3.63, 3.8) is 0 Å². The van der Waals surface area contributed by atoms with E-state index in [9.17, 15) is 4.79 Å². The highest BCUT2D eigenvalue weighted by Crippen LogP contribution is 2.28. The van der Waals surface area contributed by atoms with Crippen LogP contribution < -0.4 is 10.9 Å². The Bertz CT molecular complexity index is 415. The summed E-state index contributed by atoms with van der Waals surface area (Å²) in [7, 11) is 0. The fourth-order valence-electron chi connectivity index (χ4n) is 1.74. The van der Waals surface area contributed by atoms with Crippen LogP contribution in [0.5, 0.6) is 0 Å². The number of nitrogens with one attached hydrogen (secondary N) is 2. The van der Waals surface area contributed by atoms with Gasteiger partial charge in [0.25, 0.3) is 0 Å². The van der Waals surface area contributed by atoms with Crippen LogP contribution in [0, 0.1) is 0 Å². The first kappa shape index (κ1) is 6.80. The minimum absolute atomic E-state index is 0.0334. The molecular formula is C9H7N3O. The Hall–Kier alpha value is -1.68. The van der Waals surface area contributed by atoms with E-state index in [0.29, 0.717) is 5.57 Å². The maximum Gasteiger partial charge on any atom is 0.187 e. The van der Waals surface area contributed by atoms with E-state index >= 15 is 0 Å². The molecule has 4 heteroatoms. The monoisotopic (exact) mass is 173 g/mol. The number of hydrogen-bond acceptors (Lipinski definition) is 4. The molecule has 64 valence electrons. The van der Waals surface area contributed by atoms with Gasteiger partial charge in [-0.25, -0.2) is 5.43 Å². The molecule has 1 unspecified atom stereocenters. The smallest absolute Gasteiger partial charge is 0.187 e. The first-order chi connectivity index (χ1) is 6.36. The van der Waals surface area contributed by atoms with E-state index in [1.165, 1.54) is 0 Å². The van der Waals surface area contributed by atoms with E-state index in [2.05, 4.69) is 15.8 Å². The molecule has 2 heterocycles. The zero-order chi connectivity index (χ0) is 8.84. The summed E-state index contributed by atoms with van der Waals surface area (Å²) in [5.41, 5.74) is 8.73. The number of hydrogen-bond donors (Lipinski definition) is 2.